The van der Waals surface area contributed by atoms with Gasteiger partial charge in [0.25, 0.3) is 11.8 Å². The van der Waals surface area contributed by atoms with Crippen LogP contribution in [0.2, 0.25) is 4.34 Å². The first-order valence-corrected chi connectivity index (χ1v) is 15.0. The highest BCUT2D eigenvalue weighted by molar-refractivity contribution is 7.22. The van der Waals surface area contributed by atoms with Crippen molar-refractivity contribution in [1.29, 1.82) is 0 Å². The first-order valence-electron chi connectivity index (χ1n) is 13.8. The SMILES string of the molecule is CC1(C)OC[C@H](C(=O)N(CCOC2CCCCO2)[C@@H]2c3ccccc3C[C@H]2NC(=O)c2cc3cc(Cl)sc3[nH]2)O1. The zero-order chi connectivity index (χ0) is 27.9. The molecule has 11 heteroatoms. The third kappa shape index (κ3) is 5.79. The van der Waals surface area contributed by atoms with E-state index in [0.29, 0.717) is 36.2 Å². The maximum absolute atomic E-state index is 14.0. The van der Waals surface area contributed by atoms with Crippen LogP contribution in [0.5, 0.6) is 0 Å². The van der Waals surface area contributed by atoms with Gasteiger partial charge in [-0.1, -0.05) is 35.9 Å². The van der Waals surface area contributed by atoms with E-state index >= 15 is 0 Å². The topological polar surface area (TPSA) is 102 Å². The van der Waals surface area contributed by atoms with Crippen molar-refractivity contribution in [1.82, 2.24) is 15.2 Å². The molecule has 2 N–H and O–H groups in total. The molecule has 2 amide bonds. The molecular weight excluding hydrogens is 554 g/mol. The number of rotatable bonds is 8. The zero-order valence-electron chi connectivity index (χ0n) is 22.6. The van der Waals surface area contributed by atoms with Crippen molar-refractivity contribution < 1.29 is 28.5 Å². The highest BCUT2D eigenvalue weighted by Gasteiger charge is 2.45. The minimum atomic E-state index is -0.844. The monoisotopic (exact) mass is 587 g/mol. The van der Waals surface area contributed by atoms with E-state index in [1.54, 1.807) is 24.8 Å². The number of ether oxygens (including phenoxy) is 4. The van der Waals surface area contributed by atoms with Crippen molar-refractivity contribution >= 4 is 45.0 Å². The quantitative estimate of drug-likeness (QED) is 0.392. The number of thiophene rings is 1. The maximum Gasteiger partial charge on any atom is 0.268 e. The second-order valence-corrected chi connectivity index (χ2v) is 12.6. The average molecular weight is 588 g/mol. The van der Waals surface area contributed by atoms with Gasteiger partial charge in [-0.25, -0.2) is 0 Å². The van der Waals surface area contributed by atoms with E-state index in [1.807, 2.05) is 24.3 Å². The van der Waals surface area contributed by atoms with Gasteiger partial charge in [0.05, 0.1) is 29.6 Å². The number of hydrogen-bond donors (Lipinski definition) is 2. The lowest BCUT2D eigenvalue weighted by atomic mass is 10.0. The lowest BCUT2D eigenvalue weighted by Gasteiger charge is -2.36. The number of H-pyrrole nitrogens is 1. The molecule has 4 heterocycles. The highest BCUT2D eigenvalue weighted by Crippen LogP contribution is 2.38. The molecule has 40 heavy (non-hydrogen) atoms. The van der Waals surface area contributed by atoms with Crippen LogP contribution in [0.15, 0.2) is 36.4 Å². The second kappa shape index (κ2) is 11.4. The number of aromatic nitrogens is 1. The third-order valence-corrected chi connectivity index (χ3v) is 8.91. The first-order chi connectivity index (χ1) is 19.3. The van der Waals surface area contributed by atoms with Crippen molar-refractivity contribution in [2.45, 2.75) is 69.8 Å². The fourth-order valence-corrected chi connectivity index (χ4v) is 6.98. The van der Waals surface area contributed by atoms with Crippen molar-refractivity contribution in [2.24, 2.45) is 0 Å². The summed E-state index contributed by atoms with van der Waals surface area (Å²) in [7, 11) is 0. The molecule has 2 aromatic heterocycles. The Morgan fingerprint density at radius 2 is 2.10 bits per heavy atom. The van der Waals surface area contributed by atoms with Crippen LogP contribution in [0.25, 0.3) is 10.2 Å². The third-order valence-electron chi connectivity index (χ3n) is 7.71. The number of nitrogens with zero attached hydrogens (tertiary/aromatic N) is 1. The van der Waals surface area contributed by atoms with Gasteiger partial charge in [0.2, 0.25) is 0 Å². The number of aromatic amines is 1. The van der Waals surface area contributed by atoms with Crippen LogP contribution in [0.1, 0.15) is 60.8 Å². The number of carbonyl (C=O) groups excluding carboxylic acids is 2. The Kier molecular flexibility index (Phi) is 7.91. The van der Waals surface area contributed by atoms with Gasteiger partial charge >= 0.3 is 0 Å². The summed E-state index contributed by atoms with van der Waals surface area (Å²) >= 11 is 7.51. The Morgan fingerprint density at radius 3 is 2.85 bits per heavy atom. The predicted octanol–water partition coefficient (Wildman–Crippen LogP) is 4.80. The standard InChI is InChI=1S/C29H34ClN3O6S/c1-29(2)38-16-22(39-29)28(35)33(10-12-37-24-9-5-6-11-36-24)25-19-8-4-3-7-17(19)13-20(25)31-26(34)21-14-18-15-23(30)40-27(18)32-21/h3-4,7-8,14-15,20,22,24-25,32H,5-6,9-13,16H2,1-2H3,(H,31,34)/t20-,22-,24?,25-/m1/s1. The van der Waals surface area contributed by atoms with E-state index in [9.17, 15) is 9.59 Å². The lowest BCUT2D eigenvalue weighted by molar-refractivity contribution is -0.173. The number of fused-ring (bicyclic) bond motifs is 2. The summed E-state index contributed by atoms with van der Waals surface area (Å²) in [5.74, 6) is -1.26. The molecule has 4 atom stereocenters. The molecule has 0 radical (unpaired) electrons. The number of hydrogen-bond acceptors (Lipinski definition) is 7. The molecule has 6 rings (SSSR count). The van der Waals surface area contributed by atoms with Gasteiger partial charge in [-0.2, -0.15) is 0 Å². The average Bonchev–Trinajstić information content (AvgIpc) is 3.68. The van der Waals surface area contributed by atoms with Crippen LogP contribution in [-0.4, -0.2) is 72.3 Å². The van der Waals surface area contributed by atoms with Gasteiger partial charge in [0.1, 0.15) is 10.5 Å². The molecule has 1 unspecified atom stereocenters. The van der Waals surface area contributed by atoms with Crippen molar-refractivity contribution in [3.8, 4) is 0 Å². The summed E-state index contributed by atoms with van der Waals surface area (Å²) in [4.78, 5) is 33.3. The zero-order valence-corrected chi connectivity index (χ0v) is 24.2. The molecule has 9 nitrogen and oxygen atoms in total. The van der Waals surface area contributed by atoms with Crippen LogP contribution >= 0.6 is 22.9 Å². The lowest BCUT2D eigenvalue weighted by Crippen LogP contribution is -2.51. The smallest absolute Gasteiger partial charge is 0.268 e. The van der Waals surface area contributed by atoms with Crippen LogP contribution in [0.4, 0.5) is 0 Å². The number of carbonyl (C=O) groups is 2. The Bertz CT molecular complexity index is 1350. The molecule has 0 spiro atoms. The van der Waals surface area contributed by atoms with Gasteiger partial charge in [-0.15, -0.1) is 11.3 Å². The van der Waals surface area contributed by atoms with Crippen LogP contribution in [-0.2, 0) is 30.2 Å². The Hall–Kier alpha value is -2.47. The molecule has 214 valence electrons. The largest absolute Gasteiger partial charge is 0.353 e. The first kappa shape index (κ1) is 27.7. The summed E-state index contributed by atoms with van der Waals surface area (Å²) in [6.07, 6.45) is 2.51. The van der Waals surface area contributed by atoms with Crippen LogP contribution < -0.4 is 5.32 Å². The number of nitrogens with one attached hydrogen (secondary N) is 2. The molecule has 2 aliphatic heterocycles. The Labute approximate surface area is 242 Å². The normalized spacial score (nSPS) is 25.7. The fraction of sp³-hybridized carbons (Fsp3) is 0.517. The number of benzene rings is 1. The molecule has 0 saturated carbocycles. The molecular formula is C29H34ClN3O6S. The van der Waals surface area contributed by atoms with Gasteiger partial charge in [0, 0.05) is 18.5 Å². The number of amides is 2. The molecule has 3 aliphatic rings. The highest BCUT2D eigenvalue weighted by atomic mass is 35.5. The summed E-state index contributed by atoms with van der Waals surface area (Å²) in [5.41, 5.74) is 2.56. The number of halogens is 1. The van der Waals surface area contributed by atoms with E-state index in [-0.39, 0.29) is 30.8 Å². The summed E-state index contributed by atoms with van der Waals surface area (Å²) < 4.78 is 24.2. The summed E-state index contributed by atoms with van der Waals surface area (Å²) in [6, 6.07) is 10.9. The van der Waals surface area contributed by atoms with Crippen molar-refractivity contribution in [3.63, 3.8) is 0 Å². The van der Waals surface area contributed by atoms with E-state index in [1.165, 1.54) is 11.3 Å². The molecule has 1 aromatic carbocycles. The van der Waals surface area contributed by atoms with E-state index in [4.69, 9.17) is 30.5 Å². The summed E-state index contributed by atoms with van der Waals surface area (Å²) in [5, 5.41) is 4.10. The van der Waals surface area contributed by atoms with E-state index < -0.39 is 17.9 Å². The molecule has 3 aromatic rings. The van der Waals surface area contributed by atoms with Gasteiger partial charge in [0.15, 0.2) is 18.2 Å². The van der Waals surface area contributed by atoms with Crippen LogP contribution in [0, 0.1) is 0 Å². The Morgan fingerprint density at radius 1 is 1.25 bits per heavy atom. The molecule has 2 saturated heterocycles. The van der Waals surface area contributed by atoms with E-state index in [2.05, 4.69) is 16.4 Å². The Balaban J connectivity index is 1.26. The van der Waals surface area contributed by atoms with Crippen LogP contribution in [0.3, 0.4) is 0 Å². The molecule has 0 bridgehead atoms. The minimum absolute atomic E-state index is 0.169. The van der Waals surface area contributed by atoms with Gasteiger partial charge < -0.3 is 34.1 Å². The molecule has 1 aliphatic carbocycles. The van der Waals surface area contributed by atoms with Crippen molar-refractivity contribution in [3.05, 3.63) is 57.6 Å². The van der Waals surface area contributed by atoms with Gasteiger partial charge in [-0.3, -0.25) is 9.59 Å². The molecule has 2 fully saturated rings. The maximum atomic E-state index is 14.0. The summed E-state index contributed by atoms with van der Waals surface area (Å²) in [6.45, 7) is 5.08. The minimum Gasteiger partial charge on any atom is -0.353 e. The fourth-order valence-electron chi connectivity index (χ4n) is 5.86. The van der Waals surface area contributed by atoms with E-state index in [0.717, 1.165) is 40.6 Å². The van der Waals surface area contributed by atoms with Gasteiger partial charge in [-0.05, 0) is 62.8 Å². The second-order valence-electron chi connectivity index (χ2n) is 11.0. The van der Waals surface area contributed by atoms with Crippen molar-refractivity contribution in [2.75, 3.05) is 26.4 Å². The predicted molar refractivity (Wildman–Crippen MR) is 151 cm³/mol.